The maximum atomic E-state index is 13.2. The Labute approximate surface area is 151 Å². The van der Waals surface area contributed by atoms with E-state index in [1.54, 1.807) is 21.7 Å². The summed E-state index contributed by atoms with van der Waals surface area (Å²) < 4.78 is 14.9. The Kier molecular flexibility index (Phi) is 5.06. The smallest absolute Gasteiger partial charge is 0.308 e. The number of aliphatic carboxylic acids is 1. The summed E-state index contributed by atoms with van der Waals surface area (Å²) in [6, 6.07) is 5.93. The van der Waals surface area contributed by atoms with Crippen LogP contribution >= 0.6 is 0 Å². The first-order valence-electron chi connectivity index (χ1n) is 8.74. The van der Waals surface area contributed by atoms with Crippen LogP contribution in [0.3, 0.4) is 0 Å². The van der Waals surface area contributed by atoms with Crippen LogP contribution < -0.4 is 0 Å². The highest BCUT2D eigenvalue weighted by atomic mass is 19.1. The topological polar surface area (TPSA) is 75.4 Å². The van der Waals surface area contributed by atoms with Crippen LogP contribution in [0.5, 0.6) is 0 Å². The van der Waals surface area contributed by atoms with Crippen molar-refractivity contribution in [1.29, 1.82) is 0 Å². The van der Waals surface area contributed by atoms with E-state index in [1.807, 2.05) is 13.8 Å². The quantitative estimate of drug-likeness (QED) is 0.910. The molecule has 0 radical (unpaired) electrons. The van der Waals surface area contributed by atoms with Gasteiger partial charge in [-0.25, -0.2) is 9.07 Å². The van der Waals surface area contributed by atoms with Gasteiger partial charge < -0.3 is 10.0 Å². The van der Waals surface area contributed by atoms with Gasteiger partial charge in [0.2, 0.25) is 0 Å². The number of piperidine rings is 1. The molecule has 2 heterocycles. The number of likely N-dealkylation sites (tertiary alicyclic amines) is 1. The zero-order valence-electron chi connectivity index (χ0n) is 14.9. The van der Waals surface area contributed by atoms with Crippen molar-refractivity contribution in [3.05, 3.63) is 47.5 Å². The fourth-order valence-corrected chi connectivity index (χ4v) is 3.40. The first-order valence-corrected chi connectivity index (χ1v) is 8.74. The van der Waals surface area contributed by atoms with Crippen molar-refractivity contribution in [2.45, 2.75) is 32.6 Å². The van der Waals surface area contributed by atoms with Crippen molar-refractivity contribution in [3.63, 3.8) is 0 Å². The lowest BCUT2D eigenvalue weighted by atomic mass is 9.97. The molecule has 1 aliphatic rings. The van der Waals surface area contributed by atoms with Crippen LogP contribution in [0.15, 0.2) is 30.5 Å². The number of hydrogen-bond donors (Lipinski definition) is 1. The molecule has 7 heteroatoms. The summed E-state index contributed by atoms with van der Waals surface area (Å²) in [5.74, 6) is -1.91. The van der Waals surface area contributed by atoms with Crippen molar-refractivity contribution >= 4 is 11.9 Å². The molecule has 1 aromatic carbocycles. The van der Waals surface area contributed by atoms with Gasteiger partial charge in [-0.2, -0.15) is 5.10 Å². The van der Waals surface area contributed by atoms with E-state index in [0.717, 1.165) is 5.69 Å². The maximum absolute atomic E-state index is 13.2. The van der Waals surface area contributed by atoms with Gasteiger partial charge in [0.05, 0.1) is 29.1 Å². The average molecular weight is 359 g/mol. The minimum absolute atomic E-state index is 0.0153. The van der Waals surface area contributed by atoms with Crippen LogP contribution in [0, 0.1) is 11.7 Å². The van der Waals surface area contributed by atoms with E-state index < -0.39 is 11.9 Å². The van der Waals surface area contributed by atoms with E-state index in [1.165, 1.54) is 18.3 Å². The highest BCUT2D eigenvalue weighted by Gasteiger charge is 2.31. The first kappa shape index (κ1) is 18.1. The summed E-state index contributed by atoms with van der Waals surface area (Å²) in [6.45, 7) is 4.68. The van der Waals surface area contributed by atoms with Gasteiger partial charge in [-0.05, 0) is 43.0 Å². The van der Waals surface area contributed by atoms with Gasteiger partial charge in [-0.1, -0.05) is 13.8 Å². The molecule has 6 nitrogen and oxygen atoms in total. The number of nitrogens with zero attached hydrogens (tertiary/aromatic N) is 3. The van der Waals surface area contributed by atoms with Gasteiger partial charge in [-0.3, -0.25) is 9.59 Å². The Morgan fingerprint density at radius 2 is 1.96 bits per heavy atom. The van der Waals surface area contributed by atoms with Crippen LogP contribution in [-0.4, -0.2) is 44.8 Å². The number of aromatic nitrogens is 2. The van der Waals surface area contributed by atoms with E-state index in [4.69, 9.17) is 0 Å². The van der Waals surface area contributed by atoms with Gasteiger partial charge in [0.15, 0.2) is 0 Å². The number of hydrogen-bond acceptors (Lipinski definition) is 3. The van der Waals surface area contributed by atoms with E-state index in [-0.39, 0.29) is 24.2 Å². The number of carboxylic acid groups (broad SMARTS) is 1. The molecule has 0 aliphatic carbocycles. The van der Waals surface area contributed by atoms with Gasteiger partial charge in [0.1, 0.15) is 5.82 Å². The van der Waals surface area contributed by atoms with Crippen LogP contribution in [0.1, 0.15) is 48.7 Å². The molecule has 1 atom stereocenters. The Morgan fingerprint density at radius 3 is 2.58 bits per heavy atom. The fourth-order valence-electron chi connectivity index (χ4n) is 3.40. The lowest BCUT2D eigenvalue weighted by molar-refractivity contribution is -0.143. The molecule has 26 heavy (non-hydrogen) atoms. The molecule has 0 spiro atoms. The van der Waals surface area contributed by atoms with E-state index in [2.05, 4.69) is 5.10 Å². The molecule has 1 amide bonds. The molecule has 0 bridgehead atoms. The third-order valence-corrected chi connectivity index (χ3v) is 4.71. The summed E-state index contributed by atoms with van der Waals surface area (Å²) in [5.41, 5.74) is 1.88. The van der Waals surface area contributed by atoms with E-state index in [9.17, 15) is 19.1 Å². The molecule has 1 N–H and O–H groups in total. The third-order valence-electron chi connectivity index (χ3n) is 4.71. The Bertz CT molecular complexity index is 814. The van der Waals surface area contributed by atoms with Gasteiger partial charge in [0, 0.05) is 13.1 Å². The first-order chi connectivity index (χ1) is 12.4. The minimum Gasteiger partial charge on any atom is -0.481 e. The second-order valence-corrected chi connectivity index (χ2v) is 6.91. The number of benzene rings is 1. The highest BCUT2D eigenvalue weighted by Crippen LogP contribution is 2.26. The number of rotatable bonds is 4. The largest absolute Gasteiger partial charge is 0.481 e. The zero-order valence-corrected chi connectivity index (χ0v) is 14.9. The van der Waals surface area contributed by atoms with Crippen LogP contribution in [0.25, 0.3) is 5.69 Å². The van der Waals surface area contributed by atoms with Crippen LogP contribution in [-0.2, 0) is 4.79 Å². The fraction of sp³-hybridized carbons (Fsp3) is 0.421. The van der Waals surface area contributed by atoms with Crippen LogP contribution in [0.4, 0.5) is 4.39 Å². The monoisotopic (exact) mass is 359 g/mol. The Balaban J connectivity index is 1.93. The number of amides is 1. The summed E-state index contributed by atoms with van der Waals surface area (Å²) in [4.78, 5) is 25.9. The van der Waals surface area contributed by atoms with Crippen molar-refractivity contribution in [2.24, 2.45) is 5.92 Å². The molecule has 0 unspecified atom stereocenters. The third kappa shape index (κ3) is 3.47. The summed E-state index contributed by atoms with van der Waals surface area (Å²) in [5, 5.41) is 13.6. The SMILES string of the molecule is CC(C)c1c(C(=O)N2CCC[C@H](C(=O)O)C2)cnn1-c1ccc(F)cc1. The molecule has 1 fully saturated rings. The molecular formula is C19H22FN3O3. The number of carbonyl (C=O) groups is 2. The van der Waals surface area contributed by atoms with Crippen molar-refractivity contribution in [3.8, 4) is 5.69 Å². The van der Waals surface area contributed by atoms with E-state index in [0.29, 0.717) is 30.6 Å². The van der Waals surface area contributed by atoms with Crippen LogP contribution in [0.2, 0.25) is 0 Å². The van der Waals surface area contributed by atoms with Crippen molar-refractivity contribution in [2.75, 3.05) is 13.1 Å². The molecular weight excluding hydrogens is 337 g/mol. The molecule has 1 aliphatic heterocycles. The zero-order chi connectivity index (χ0) is 18.8. The highest BCUT2D eigenvalue weighted by molar-refractivity contribution is 5.95. The lowest BCUT2D eigenvalue weighted by Crippen LogP contribution is -2.42. The lowest BCUT2D eigenvalue weighted by Gasteiger charge is -2.31. The number of carbonyl (C=O) groups excluding carboxylic acids is 1. The predicted molar refractivity (Wildman–Crippen MR) is 93.9 cm³/mol. The molecule has 2 aromatic rings. The normalized spacial score (nSPS) is 17.5. The molecule has 3 rings (SSSR count). The standard InChI is InChI=1S/C19H22FN3O3/c1-12(2)17-16(10-21-23(17)15-7-5-14(20)6-8-15)18(24)22-9-3-4-13(11-22)19(25)26/h5-8,10,12-13H,3-4,9,11H2,1-2H3,(H,25,26)/t13-/m0/s1. The summed E-state index contributed by atoms with van der Waals surface area (Å²) in [7, 11) is 0. The Hall–Kier alpha value is -2.70. The number of carboxylic acids is 1. The molecule has 1 saturated heterocycles. The van der Waals surface area contributed by atoms with Gasteiger partial charge in [0.25, 0.3) is 5.91 Å². The van der Waals surface area contributed by atoms with Gasteiger partial charge >= 0.3 is 5.97 Å². The Morgan fingerprint density at radius 1 is 1.27 bits per heavy atom. The minimum atomic E-state index is -0.867. The second-order valence-electron chi connectivity index (χ2n) is 6.91. The predicted octanol–water partition coefficient (Wildman–Crippen LogP) is 3.07. The van der Waals surface area contributed by atoms with E-state index >= 15 is 0 Å². The summed E-state index contributed by atoms with van der Waals surface area (Å²) in [6.07, 6.45) is 2.78. The molecule has 1 aromatic heterocycles. The van der Waals surface area contributed by atoms with Gasteiger partial charge in [-0.15, -0.1) is 0 Å². The molecule has 138 valence electrons. The maximum Gasteiger partial charge on any atom is 0.308 e. The second kappa shape index (κ2) is 7.27. The van der Waals surface area contributed by atoms with Crippen molar-refractivity contribution in [1.82, 2.24) is 14.7 Å². The summed E-state index contributed by atoms with van der Waals surface area (Å²) >= 11 is 0. The average Bonchev–Trinajstić information content (AvgIpc) is 3.07. The molecule has 0 saturated carbocycles. The van der Waals surface area contributed by atoms with Crippen molar-refractivity contribution < 1.29 is 19.1 Å². The number of halogens is 1.